The van der Waals surface area contributed by atoms with Gasteiger partial charge < -0.3 is 45.4 Å². The standard InChI is InChI=1S/C30H44N11O11P/c1-13(2)48-9-17-15(21(46-5)28(50-17)40-11-36-19-24(31)34-10-35-25(19)40)7-18(42)33-8-16-22(52-53(44,45)51-14(3)4)23(47-6)29(49-16)41-12-37-20-26(41)38-30(32)39-27(20)43/h10-17,21-23,28-29H,7-9H2,1-6H3,(H,33,42)(H,44,45)(H2,31,34,35)(H3,32,38,39,43)/t15-,16-,17-,21-,22-,23-,28-,29-/m1/s1. The molecule has 7 N–H and O–H groups in total. The molecule has 9 atom stereocenters. The summed E-state index contributed by atoms with van der Waals surface area (Å²) in [5.41, 5.74) is 12.1. The van der Waals surface area contributed by atoms with E-state index in [9.17, 15) is 19.0 Å². The SMILES string of the molecule is CO[C@@H]1[C@H](CC(=O)NC[C@H]2O[C@@H](n3cnc4c(=O)[nH]c(N)nc43)[C@H](OC)[C@@H]2OP(=O)(O)OC(C)C)[C@@H](COC(C)C)O[C@H]1n1cnc2c(N)ncnc21. The number of methoxy groups -OCH3 is 2. The van der Waals surface area contributed by atoms with E-state index >= 15 is 0 Å². The van der Waals surface area contributed by atoms with Gasteiger partial charge in [0.1, 0.15) is 36.3 Å². The maximum atomic E-state index is 13.7. The van der Waals surface area contributed by atoms with Crippen molar-refractivity contribution in [3.8, 4) is 0 Å². The Morgan fingerprint density at radius 1 is 0.962 bits per heavy atom. The van der Waals surface area contributed by atoms with Crippen molar-refractivity contribution in [2.75, 3.05) is 38.8 Å². The molecule has 4 aromatic rings. The van der Waals surface area contributed by atoms with Gasteiger partial charge in [0.15, 0.2) is 35.1 Å². The molecule has 23 heteroatoms. The van der Waals surface area contributed by atoms with Crippen molar-refractivity contribution in [1.29, 1.82) is 0 Å². The van der Waals surface area contributed by atoms with E-state index in [1.165, 1.54) is 37.8 Å². The molecule has 2 aliphatic heterocycles. The highest BCUT2D eigenvalue weighted by atomic mass is 31.2. The van der Waals surface area contributed by atoms with Crippen LogP contribution in [0.25, 0.3) is 22.3 Å². The van der Waals surface area contributed by atoms with Crippen molar-refractivity contribution >= 4 is 47.8 Å². The number of hydrogen-bond acceptors (Lipinski definition) is 17. The third-order valence-corrected chi connectivity index (χ3v) is 10.0. The number of nitrogens with zero attached hydrogens (tertiary/aromatic N) is 7. The quantitative estimate of drug-likeness (QED) is 0.102. The average molecular weight is 766 g/mol. The van der Waals surface area contributed by atoms with E-state index in [0.717, 1.165) is 0 Å². The zero-order valence-corrected chi connectivity index (χ0v) is 30.8. The number of imidazole rings is 2. The number of aromatic nitrogens is 8. The molecule has 0 radical (unpaired) electrons. The minimum Gasteiger partial charge on any atom is -0.382 e. The Bertz CT molecular complexity index is 2020. The molecule has 0 aliphatic carbocycles. The number of anilines is 2. The summed E-state index contributed by atoms with van der Waals surface area (Å²) in [5.74, 6) is -0.895. The third kappa shape index (κ3) is 8.05. The largest absolute Gasteiger partial charge is 0.472 e. The molecule has 290 valence electrons. The first-order valence-electron chi connectivity index (χ1n) is 16.8. The van der Waals surface area contributed by atoms with Crippen molar-refractivity contribution < 1.29 is 47.0 Å². The molecule has 1 unspecified atom stereocenters. The van der Waals surface area contributed by atoms with Crippen LogP contribution in [0.2, 0.25) is 0 Å². The molecule has 0 bridgehead atoms. The Balaban J connectivity index is 1.24. The molecule has 53 heavy (non-hydrogen) atoms. The molecule has 0 spiro atoms. The van der Waals surface area contributed by atoms with Crippen molar-refractivity contribution in [3.63, 3.8) is 0 Å². The van der Waals surface area contributed by atoms with Crippen molar-refractivity contribution in [1.82, 2.24) is 44.4 Å². The molecule has 6 rings (SSSR count). The Labute approximate surface area is 302 Å². The van der Waals surface area contributed by atoms with E-state index < -0.39 is 74.3 Å². The van der Waals surface area contributed by atoms with Crippen LogP contribution >= 0.6 is 7.82 Å². The average Bonchev–Trinajstić information content (AvgIpc) is 3.85. The highest BCUT2D eigenvalue weighted by molar-refractivity contribution is 7.47. The highest BCUT2D eigenvalue weighted by Crippen LogP contribution is 2.50. The number of nitrogens with two attached hydrogens (primary N) is 2. The van der Waals surface area contributed by atoms with Crippen LogP contribution in [0.4, 0.5) is 11.8 Å². The van der Waals surface area contributed by atoms with Crippen LogP contribution in [-0.2, 0) is 42.1 Å². The van der Waals surface area contributed by atoms with Crippen molar-refractivity contribution in [2.45, 2.75) is 89.3 Å². The lowest BCUT2D eigenvalue weighted by Gasteiger charge is -2.26. The maximum Gasteiger partial charge on any atom is 0.472 e. The van der Waals surface area contributed by atoms with E-state index in [2.05, 4.69) is 35.2 Å². The molecule has 2 aliphatic rings. The van der Waals surface area contributed by atoms with E-state index in [4.69, 9.17) is 44.2 Å². The Kier molecular flexibility index (Phi) is 11.4. The smallest absolute Gasteiger partial charge is 0.382 e. The fourth-order valence-corrected chi connectivity index (χ4v) is 7.74. The molecule has 0 saturated carbocycles. The van der Waals surface area contributed by atoms with Gasteiger partial charge in [-0.2, -0.15) is 4.98 Å². The predicted molar refractivity (Wildman–Crippen MR) is 185 cm³/mol. The fourth-order valence-electron chi connectivity index (χ4n) is 6.60. The van der Waals surface area contributed by atoms with Crippen LogP contribution in [0, 0.1) is 5.92 Å². The maximum absolute atomic E-state index is 13.7. The number of H-pyrrole nitrogens is 1. The van der Waals surface area contributed by atoms with E-state index in [1.807, 2.05) is 13.8 Å². The molecule has 2 fully saturated rings. The first-order chi connectivity index (χ1) is 25.2. The number of aromatic amines is 1. The molecule has 0 aromatic carbocycles. The summed E-state index contributed by atoms with van der Waals surface area (Å²) >= 11 is 0. The molecule has 6 heterocycles. The predicted octanol–water partition coefficient (Wildman–Crippen LogP) is 0.407. The van der Waals surface area contributed by atoms with Gasteiger partial charge in [-0.25, -0.2) is 24.5 Å². The first-order valence-corrected chi connectivity index (χ1v) is 18.3. The van der Waals surface area contributed by atoms with E-state index in [1.54, 1.807) is 18.4 Å². The van der Waals surface area contributed by atoms with Crippen LogP contribution < -0.4 is 22.3 Å². The van der Waals surface area contributed by atoms with Crippen LogP contribution in [-0.4, -0.2) is 120 Å². The van der Waals surface area contributed by atoms with Gasteiger partial charge in [-0.05, 0) is 27.7 Å². The third-order valence-electron chi connectivity index (χ3n) is 8.82. The topological polar surface area (TPSA) is 290 Å². The first kappa shape index (κ1) is 38.6. The number of amides is 1. The van der Waals surface area contributed by atoms with Crippen molar-refractivity contribution in [2.24, 2.45) is 5.92 Å². The monoisotopic (exact) mass is 765 g/mol. The van der Waals surface area contributed by atoms with Gasteiger partial charge in [0.25, 0.3) is 5.56 Å². The summed E-state index contributed by atoms with van der Waals surface area (Å²) < 4.78 is 57.3. The van der Waals surface area contributed by atoms with Crippen molar-refractivity contribution in [3.05, 3.63) is 29.3 Å². The van der Waals surface area contributed by atoms with E-state index in [0.29, 0.717) is 11.2 Å². The second-order valence-corrected chi connectivity index (χ2v) is 14.5. The van der Waals surface area contributed by atoms with Crippen LogP contribution in [0.1, 0.15) is 46.6 Å². The van der Waals surface area contributed by atoms with Gasteiger partial charge in [-0.15, -0.1) is 0 Å². The van der Waals surface area contributed by atoms with Gasteiger partial charge in [0, 0.05) is 33.1 Å². The molecule has 4 aromatic heterocycles. The summed E-state index contributed by atoms with van der Waals surface area (Å²) in [7, 11) is -1.81. The Morgan fingerprint density at radius 3 is 2.30 bits per heavy atom. The summed E-state index contributed by atoms with van der Waals surface area (Å²) in [6.45, 7) is 6.88. The number of phosphoric ester groups is 1. The van der Waals surface area contributed by atoms with Gasteiger partial charge in [-0.1, -0.05) is 0 Å². The molecule has 22 nitrogen and oxygen atoms in total. The van der Waals surface area contributed by atoms with Crippen LogP contribution in [0.15, 0.2) is 23.8 Å². The lowest BCUT2D eigenvalue weighted by molar-refractivity contribution is -0.124. The van der Waals surface area contributed by atoms with Crippen LogP contribution in [0.3, 0.4) is 0 Å². The zero-order chi connectivity index (χ0) is 38.2. The number of carbonyl (C=O) groups is 1. The number of carbonyl (C=O) groups excluding carboxylic acids is 1. The molecule has 1 amide bonds. The highest BCUT2D eigenvalue weighted by Gasteiger charge is 2.51. The van der Waals surface area contributed by atoms with Gasteiger partial charge in [0.05, 0.1) is 37.6 Å². The summed E-state index contributed by atoms with van der Waals surface area (Å²) in [5, 5.41) is 2.86. The van der Waals surface area contributed by atoms with Gasteiger partial charge in [0.2, 0.25) is 11.9 Å². The lowest BCUT2D eigenvalue weighted by atomic mass is 9.93. The van der Waals surface area contributed by atoms with Crippen LogP contribution in [0.5, 0.6) is 0 Å². The number of fused-ring (bicyclic) bond motifs is 2. The zero-order valence-electron chi connectivity index (χ0n) is 29.9. The number of nitrogens with one attached hydrogen (secondary N) is 2. The number of phosphoric acid groups is 1. The molecule has 2 saturated heterocycles. The minimum atomic E-state index is -4.67. The molecular formula is C30H44N11O11P. The number of ether oxygens (including phenoxy) is 5. The van der Waals surface area contributed by atoms with E-state index in [-0.39, 0.29) is 48.6 Å². The summed E-state index contributed by atoms with van der Waals surface area (Å²) in [6.07, 6.45) is -3.18. The summed E-state index contributed by atoms with van der Waals surface area (Å²) in [6, 6.07) is 0. The minimum absolute atomic E-state index is 0.0248. The second-order valence-electron chi connectivity index (χ2n) is 13.1. The van der Waals surface area contributed by atoms with Gasteiger partial charge >= 0.3 is 7.82 Å². The number of hydrogen-bond donors (Lipinski definition) is 5. The summed E-state index contributed by atoms with van der Waals surface area (Å²) in [4.78, 5) is 60.3. The second kappa shape index (κ2) is 15.7. The van der Waals surface area contributed by atoms with Gasteiger partial charge in [-0.3, -0.25) is 32.8 Å². The fraction of sp³-hybridized carbons (Fsp3) is 0.633. The Morgan fingerprint density at radius 2 is 1.62 bits per heavy atom. The number of rotatable bonds is 15. The normalized spacial score (nSPS) is 27.3. The molecular weight excluding hydrogens is 721 g/mol. The number of nitrogen functional groups attached to an aromatic ring is 2. The Hall–Kier alpha value is -4.12. The lowest BCUT2D eigenvalue weighted by Crippen LogP contribution is -2.43.